The van der Waals surface area contributed by atoms with Gasteiger partial charge in [0, 0.05) is 23.6 Å². The summed E-state index contributed by atoms with van der Waals surface area (Å²) in [5.41, 5.74) is 0.679. The largest absolute Gasteiger partial charge is 0.326 e. The molecule has 0 radical (unpaired) electrons. The predicted octanol–water partition coefficient (Wildman–Crippen LogP) is 4.00. The predicted molar refractivity (Wildman–Crippen MR) is 78.0 cm³/mol. The van der Waals surface area contributed by atoms with Gasteiger partial charge >= 0.3 is 0 Å². The molecular weight excluding hydrogens is 282 g/mol. The van der Waals surface area contributed by atoms with E-state index in [1.165, 1.54) is 11.3 Å². The maximum Gasteiger partial charge on any atom is 0.224 e. The summed E-state index contributed by atoms with van der Waals surface area (Å²) in [5.74, 6) is -0.173. The van der Waals surface area contributed by atoms with Gasteiger partial charge in [0.15, 0.2) is 5.78 Å². The summed E-state index contributed by atoms with van der Waals surface area (Å²) < 4.78 is 0. The highest BCUT2D eigenvalue weighted by molar-refractivity contribution is 7.12. The summed E-state index contributed by atoms with van der Waals surface area (Å²) in [6.45, 7) is 0. The Bertz CT molecular complexity index is 564. The highest BCUT2D eigenvalue weighted by atomic mass is 35.5. The van der Waals surface area contributed by atoms with Crippen LogP contribution in [0.4, 0.5) is 5.69 Å². The molecule has 1 aromatic carbocycles. The maximum absolute atomic E-state index is 11.7. The lowest BCUT2D eigenvalue weighted by Gasteiger charge is -2.04. The van der Waals surface area contributed by atoms with Crippen LogP contribution >= 0.6 is 22.9 Å². The molecule has 5 heteroatoms. The van der Waals surface area contributed by atoms with E-state index in [4.69, 9.17) is 11.6 Å². The molecule has 1 heterocycles. The van der Waals surface area contributed by atoms with Gasteiger partial charge in [0.1, 0.15) is 0 Å². The van der Waals surface area contributed by atoms with Crippen LogP contribution in [0.2, 0.25) is 5.02 Å². The molecule has 0 aliphatic heterocycles. The van der Waals surface area contributed by atoms with Crippen LogP contribution in [0.5, 0.6) is 0 Å². The van der Waals surface area contributed by atoms with Crippen LogP contribution in [-0.4, -0.2) is 11.7 Å². The molecule has 0 aliphatic carbocycles. The first-order valence-electron chi connectivity index (χ1n) is 5.77. The first-order valence-corrected chi connectivity index (χ1v) is 7.03. The van der Waals surface area contributed by atoms with Crippen LogP contribution in [0.3, 0.4) is 0 Å². The molecule has 98 valence electrons. The Morgan fingerprint density at radius 3 is 2.47 bits per heavy atom. The topological polar surface area (TPSA) is 46.2 Å². The zero-order valence-corrected chi connectivity index (χ0v) is 11.6. The van der Waals surface area contributed by atoms with Crippen molar-refractivity contribution in [3.8, 4) is 0 Å². The Hall–Kier alpha value is -1.65. The second kappa shape index (κ2) is 6.50. The Balaban J connectivity index is 1.82. The number of rotatable bonds is 5. The quantitative estimate of drug-likeness (QED) is 0.847. The second-order valence-corrected chi connectivity index (χ2v) is 5.34. The summed E-state index contributed by atoms with van der Waals surface area (Å²) in [5, 5.41) is 5.19. The molecule has 1 aromatic heterocycles. The fourth-order valence-corrected chi connectivity index (χ4v) is 2.36. The highest BCUT2D eigenvalue weighted by Crippen LogP contribution is 2.15. The number of halogens is 1. The average Bonchev–Trinajstić information content (AvgIpc) is 2.93. The van der Waals surface area contributed by atoms with Gasteiger partial charge in [-0.25, -0.2) is 0 Å². The van der Waals surface area contributed by atoms with Gasteiger partial charge in [0.25, 0.3) is 0 Å². The SMILES string of the molecule is O=C(CCC(=O)c1cccs1)Nc1ccc(Cl)cc1. The second-order valence-electron chi connectivity index (χ2n) is 3.96. The average molecular weight is 294 g/mol. The molecule has 0 atom stereocenters. The number of amides is 1. The van der Waals surface area contributed by atoms with Crippen LogP contribution in [0.25, 0.3) is 0 Å². The maximum atomic E-state index is 11.7. The van der Waals surface area contributed by atoms with Gasteiger partial charge in [-0.15, -0.1) is 11.3 Å². The van der Waals surface area contributed by atoms with E-state index < -0.39 is 0 Å². The number of benzene rings is 1. The molecule has 0 fully saturated rings. The van der Waals surface area contributed by atoms with Crippen molar-refractivity contribution in [2.75, 3.05) is 5.32 Å². The molecule has 0 spiro atoms. The van der Waals surface area contributed by atoms with Gasteiger partial charge in [0.05, 0.1) is 4.88 Å². The number of thiophene rings is 1. The van der Waals surface area contributed by atoms with E-state index >= 15 is 0 Å². The normalized spacial score (nSPS) is 10.2. The molecule has 3 nitrogen and oxygen atoms in total. The molecule has 0 aliphatic rings. The van der Waals surface area contributed by atoms with Crippen LogP contribution in [0.15, 0.2) is 41.8 Å². The molecule has 0 bridgehead atoms. The van der Waals surface area contributed by atoms with E-state index in [1.807, 2.05) is 11.4 Å². The number of hydrogen-bond acceptors (Lipinski definition) is 3. The number of carbonyl (C=O) groups excluding carboxylic acids is 2. The summed E-state index contributed by atoms with van der Waals surface area (Å²) in [6, 6.07) is 10.4. The van der Waals surface area contributed by atoms with E-state index in [9.17, 15) is 9.59 Å². The lowest BCUT2D eigenvalue weighted by atomic mass is 10.2. The third-order valence-corrected chi connectivity index (χ3v) is 3.67. The summed E-state index contributed by atoms with van der Waals surface area (Å²) >= 11 is 7.14. The van der Waals surface area contributed by atoms with Crippen molar-refractivity contribution in [3.05, 3.63) is 51.7 Å². The van der Waals surface area contributed by atoms with E-state index in [-0.39, 0.29) is 24.5 Å². The van der Waals surface area contributed by atoms with Crippen LogP contribution < -0.4 is 5.32 Å². The van der Waals surface area contributed by atoms with E-state index in [0.29, 0.717) is 15.6 Å². The van der Waals surface area contributed by atoms with Crippen molar-refractivity contribution in [3.63, 3.8) is 0 Å². The fourth-order valence-electron chi connectivity index (χ4n) is 1.54. The molecular formula is C14H12ClNO2S. The number of carbonyl (C=O) groups is 2. The lowest BCUT2D eigenvalue weighted by molar-refractivity contribution is -0.116. The minimum absolute atomic E-state index is 0.00116. The van der Waals surface area contributed by atoms with Crippen molar-refractivity contribution in [2.45, 2.75) is 12.8 Å². The Morgan fingerprint density at radius 1 is 1.11 bits per heavy atom. The van der Waals surface area contributed by atoms with Gasteiger partial charge < -0.3 is 5.32 Å². The van der Waals surface area contributed by atoms with E-state index in [2.05, 4.69) is 5.32 Å². The van der Waals surface area contributed by atoms with Gasteiger partial charge in [0.2, 0.25) is 5.91 Å². The standard InChI is InChI=1S/C14H12ClNO2S/c15-10-3-5-11(6-4-10)16-14(18)8-7-12(17)13-2-1-9-19-13/h1-6,9H,7-8H2,(H,16,18). The fraction of sp³-hybridized carbons (Fsp3) is 0.143. The lowest BCUT2D eigenvalue weighted by Crippen LogP contribution is -2.13. The number of Topliss-reactive ketones (excluding diaryl/α,β-unsaturated/α-hetero) is 1. The Morgan fingerprint density at radius 2 is 1.84 bits per heavy atom. The molecule has 0 saturated carbocycles. The summed E-state index contributed by atoms with van der Waals surface area (Å²) in [6.07, 6.45) is 0.402. The van der Waals surface area contributed by atoms with Crippen molar-refractivity contribution in [2.24, 2.45) is 0 Å². The smallest absolute Gasteiger partial charge is 0.224 e. The molecule has 0 saturated heterocycles. The van der Waals surface area contributed by atoms with Crippen molar-refractivity contribution >= 4 is 40.3 Å². The number of nitrogens with one attached hydrogen (secondary N) is 1. The van der Waals surface area contributed by atoms with Gasteiger partial charge in [-0.1, -0.05) is 17.7 Å². The first kappa shape index (κ1) is 13.8. The molecule has 2 aromatic rings. The monoisotopic (exact) mass is 293 g/mol. The van der Waals surface area contributed by atoms with Gasteiger partial charge in [-0.05, 0) is 35.7 Å². The van der Waals surface area contributed by atoms with Crippen molar-refractivity contribution in [1.82, 2.24) is 0 Å². The Kier molecular flexibility index (Phi) is 4.71. The minimum atomic E-state index is -0.174. The first-order chi connectivity index (χ1) is 9.15. The molecule has 1 amide bonds. The van der Waals surface area contributed by atoms with Gasteiger partial charge in [-0.3, -0.25) is 9.59 Å². The molecule has 2 rings (SSSR count). The third-order valence-electron chi connectivity index (χ3n) is 2.50. The molecule has 19 heavy (non-hydrogen) atoms. The zero-order chi connectivity index (χ0) is 13.7. The summed E-state index contributed by atoms with van der Waals surface area (Å²) in [4.78, 5) is 24.1. The highest BCUT2D eigenvalue weighted by Gasteiger charge is 2.10. The van der Waals surface area contributed by atoms with Crippen molar-refractivity contribution < 1.29 is 9.59 Å². The van der Waals surface area contributed by atoms with Crippen LogP contribution in [0, 0.1) is 0 Å². The van der Waals surface area contributed by atoms with Gasteiger partial charge in [-0.2, -0.15) is 0 Å². The number of anilines is 1. The third kappa shape index (κ3) is 4.19. The molecule has 1 N–H and O–H groups in total. The molecule has 0 unspecified atom stereocenters. The van der Waals surface area contributed by atoms with Crippen LogP contribution in [-0.2, 0) is 4.79 Å². The van der Waals surface area contributed by atoms with Crippen molar-refractivity contribution in [1.29, 1.82) is 0 Å². The number of ketones is 1. The van der Waals surface area contributed by atoms with E-state index in [0.717, 1.165) is 0 Å². The Labute approximate surface area is 120 Å². The zero-order valence-electron chi connectivity index (χ0n) is 10.1. The number of hydrogen-bond donors (Lipinski definition) is 1. The van der Waals surface area contributed by atoms with Crippen LogP contribution in [0.1, 0.15) is 22.5 Å². The minimum Gasteiger partial charge on any atom is -0.326 e. The van der Waals surface area contributed by atoms with E-state index in [1.54, 1.807) is 30.3 Å². The summed E-state index contributed by atoms with van der Waals surface area (Å²) in [7, 11) is 0.